The lowest BCUT2D eigenvalue weighted by Crippen LogP contribution is -2.30. The Labute approximate surface area is 119 Å². The van der Waals surface area contributed by atoms with E-state index in [1.807, 2.05) is 14.0 Å². The van der Waals surface area contributed by atoms with Crippen LogP contribution in [-0.4, -0.2) is 43.3 Å². The van der Waals surface area contributed by atoms with Crippen molar-refractivity contribution in [2.24, 2.45) is 5.92 Å². The number of aromatic nitrogens is 2. The summed E-state index contributed by atoms with van der Waals surface area (Å²) in [6.45, 7) is 5.48. The van der Waals surface area contributed by atoms with Gasteiger partial charge in [-0.2, -0.15) is 4.98 Å². The van der Waals surface area contributed by atoms with Crippen LogP contribution in [-0.2, 0) is 4.74 Å². The highest BCUT2D eigenvalue weighted by Gasteiger charge is 2.18. The maximum Gasteiger partial charge on any atom is 0.224 e. The lowest BCUT2D eigenvalue weighted by atomic mass is 10.00. The van der Waals surface area contributed by atoms with Crippen LogP contribution in [0.25, 0.3) is 0 Å². The second kappa shape index (κ2) is 6.91. The topological polar surface area (TPSA) is 50.3 Å². The smallest absolute Gasteiger partial charge is 0.224 e. The van der Waals surface area contributed by atoms with Gasteiger partial charge in [0.1, 0.15) is 5.02 Å². The van der Waals surface area contributed by atoms with Crippen molar-refractivity contribution >= 4 is 23.4 Å². The highest BCUT2D eigenvalue weighted by Crippen LogP contribution is 2.25. The van der Waals surface area contributed by atoms with E-state index < -0.39 is 0 Å². The molecule has 0 aromatic carbocycles. The number of anilines is 2. The van der Waals surface area contributed by atoms with Crippen LogP contribution in [0.15, 0.2) is 6.20 Å². The number of ether oxygens (including phenoxy) is 1. The van der Waals surface area contributed by atoms with E-state index >= 15 is 0 Å². The molecule has 1 saturated heterocycles. The summed E-state index contributed by atoms with van der Waals surface area (Å²) in [6, 6.07) is 0. The fraction of sp³-hybridized carbons (Fsp3) is 0.692. The second-order valence-electron chi connectivity index (χ2n) is 4.83. The molecule has 1 N–H and O–H groups in total. The first-order chi connectivity index (χ1) is 9.20. The van der Waals surface area contributed by atoms with Gasteiger partial charge in [0.25, 0.3) is 0 Å². The third kappa shape index (κ3) is 3.94. The maximum atomic E-state index is 6.19. The van der Waals surface area contributed by atoms with Crippen molar-refractivity contribution in [1.29, 1.82) is 0 Å². The molecule has 106 valence electrons. The first-order valence-electron chi connectivity index (χ1n) is 6.76. The summed E-state index contributed by atoms with van der Waals surface area (Å²) >= 11 is 6.19. The largest absolute Gasteiger partial charge is 0.381 e. The molecule has 2 heterocycles. The molecule has 1 aromatic heterocycles. The molecule has 1 aliphatic rings. The van der Waals surface area contributed by atoms with Gasteiger partial charge in [-0.1, -0.05) is 11.6 Å². The fourth-order valence-electron chi connectivity index (χ4n) is 2.27. The Balaban J connectivity index is 2.04. The molecule has 0 saturated carbocycles. The number of rotatable bonds is 5. The Morgan fingerprint density at radius 1 is 1.47 bits per heavy atom. The average Bonchev–Trinajstić information content (AvgIpc) is 2.42. The first kappa shape index (κ1) is 14.3. The minimum atomic E-state index is 0.594. The number of nitrogens with zero attached hydrogens (tertiary/aromatic N) is 3. The van der Waals surface area contributed by atoms with Crippen LogP contribution in [0.5, 0.6) is 0 Å². The van der Waals surface area contributed by atoms with Crippen LogP contribution in [0.3, 0.4) is 0 Å². The normalized spacial score (nSPS) is 16.4. The van der Waals surface area contributed by atoms with E-state index in [1.54, 1.807) is 6.20 Å². The summed E-state index contributed by atoms with van der Waals surface area (Å²) in [6.07, 6.45) is 3.86. The van der Waals surface area contributed by atoms with Gasteiger partial charge in [-0.05, 0) is 25.7 Å². The van der Waals surface area contributed by atoms with E-state index in [1.165, 1.54) is 0 Å². The molecule has 0 amide bonds. The van der Waals surface area contributed by atoms with Crippen LogP contribution in [0, 0.1) is 5.92 Å². The summed E-state index contributed by atoms with van der Waals surface area (Å²) < 4.78 is 5.38. The van der Waals surface area contributed by atoms with Crippen molar-refractivity contribution in [3.05, 3.63) is 11.2 Å². The van der Waals surface area contributed by atoms with Crippen molar-refractivity contribution in [2.75, 3.05) is 43.6 Å². The Kier molecular flexibility index (Phi) is 5.22. The van der Waals surface area contributed by atoms with Gasteiger partial charge >= 0.3 is 0 Å². The molecular weight excluding hydrogens is 264 g/mol. The minimum absolute atomic E-state index is 0.594. The van der Waals surface area contributed by atoms with E-state index in [9.17, 15) is 0 Å². The zero-order chi connectivity index (χ0) is 13.7. The van der Waals surface area contributed by atoms with Crippen molar-refractivity contribution in [3.8, 4) is 0 Å². The maximum absolute atomic E-state index is 6.19. The van der Waals surface area contributed by atoms with Gasteiger partial charge in [-0.3, -0.25) is 0 Å². The molecule has 5 nitrogen and oxygen atoms in total. The zero-order valence-corrected chi connectivity index (χ0v) is 12.3. The van der Waals surface area contributed by atoms with Crippen LogP contribution < -0.4 is 10.2 Å². The number of halogens is 1. The summed E-state index contributed by atoms with van der Waals surface area (Å²) in [5.41, 5.74) is 0. The molecular formula is C13H21ClN4O. The van der Waals surface area contributed by atoms with Crippen molar-refractivity contribution in [2.45, 2.75) is 19.8 Å². The van der Waals surface area contributed by atoms with Crippen molar-refractivity contribution in [1.82, 2.24) is 9.97 Å². The molecule has 19 heavy (non-hydrogen) atoms. The molecule has 0 radical (unpaired) electrons. The summed E-state index contributed by atoms with van der Waals surface area (Å²) in [7, 11) is 2.03. The lowest BCUT2D eigenvalue weighted by Gasteiger charge is -2.28. The summed E-state index contributed by atoms with van der Waals surface area (Å²) in [5.74, 6) is 2.06. The highest BCUT2D eigenvalue weighted by molar-refractivity contribution is 6.32. The number of hydrogen-bond acceptors (Lipinski definition) is 5. The third-order valence-electron chi connectivity index (χ3n) is 3.29. The van der Waals surface area contributed by atoms with E-state index in [4.69, 9.17) is 16.3 Å². The average molecular weight is 285 g/mol. The molecule has 0 spiro atoms. The first-order valence-corrected chi connectivity index (χ1v) is 7.13. The molecule has 0 unspecified atom stereocenters. The predicted octanol–water partition coefficient (Wildman–Crippen LogP) is 2.42. The van der Waals surface area contributed by atoms with E-state index in [2.05, 4.69) is 20.2 Å². The Morgan fingerprint density at radius 3 is 2.89 bits per heavy atom. The molecule has 0 bridgehead atoms. The monoisotopic (exact) mass is 284 g/mol. The van der Waals surface area contributed by atoms with Crippen LogP contribution in [0.2, 0.25) is 5.02 Å². The zero-order valence-electron chi connectivity index (χ0n) is 11.5. The van der Waals surface area contributed by atoms with Crippen LogP contribution >= 0.6 is 11.6 Å². The SMILES string of the molecule is CCNc1ncc(Cl)c(N(C)CC2CCOCC2)n1. The third-order valence-corrected chi connectivity index (χ3v) is 3.56. The van der Waals surface area contributed by atoms with Gasteiger partial charge in [0.15, 0.2) is 5.82 Å². The Morgan fingerprint density at radius 2 is 2.21 bits per heavy atom. The van der Waals surface area contributed by atoms with Crippen molar-refractivity contribution in [3.63, 3.8) is 0 Å². The molecule has 0 aliphatic carbocycles. The van der Waals surface area contributed by atoms with Gasteiger partial charge in [0, 0.05) is 33.4 Å². The number of hydrogen-bond donors (Lipinski definition) is 1. The van der Waals surface area contributed by atoms with Crippen molar-refractivity contribution < 1.29 is 4.74 Å². The second-order valence-corrected chi connectivity index (χ2v) is 5.24. The van der Waals surface area contributed by atoms with Gasteiger partial charge in [0.2, 0.25) is 5.95 Å². The van der Waals surface area contributed by atoms with Gasteiger partial charge in [0.05, 0.1) is 6.20 Å². The van der Waals surface area contributed by atoms with Gasteiger partial charge in [-0.25, -0.2) is 4.98 Å². The molecule has 2 rings (SSSR count). The summed E-state index contributed by atoms with van der Waals surface area (Å²) in [4.78, 5) is 10.7. The van der Waals surface area contributed by atoms with Crippen LogP contribution in [0.4, 0.5) is 11.8 Å². The minimum Gasteiger partial charge on any atom is -0.381 e. The van der Waals surface area contributed by atoms with E-state index in [-0.39, 0.29) is 0 Å². The lowest BCUT2D eigenvalue weighted by molar-refractivity contribution is 0.0685. The Hall–Kier alpha value is -1.07. The van der Waals surface area contributed by atoms with Gasteiger partial charge in [-0.15, -0.1) is 0 Å². The fourth-order valence-corrected chi connectivity index (χ4v) is 2.51. The molecule has 6 heteroatoms. The highest BCUT2D eigenvalue weighted by atomic mass is 35.5. The summed E-state index contributed by atoms with van der Waals surface area (Å²) in [5, 5.41) is 3.70. The quantitative estimate of drug-likeness (QED) is 0.900. The van der Waals surface area contributed by atoms with E-state index in [0.29, 0.717) is 16.9 Å². The molecule has 1 aromatic rings. The standard InChI is InChI=1S/C13H21ClN4O/c1-3-15-13-16-8-11(14)12(17-13)18(2)9-10-4-6-19-7-5-10/h8,10H,3-7,9H2,1-2H3,(H,15,16,17). The molecule has 1 fully saturated rings. The van der Waals surface area contributed by atoms with Gasteiger partial charge < -0.3 is 15.0 Å². The molecule has 1 aliphatic heterocycles. The molecule has 0 atom stereocenters. The Bertz CT molecular complexity index is 410. The van der Waals surface area contributed by atoms with E-state index in [0.717, 1.165) is 45.0 Å². The predicted molar refractivity (Wildman–Crippen MR) is 78.0 cm³/mol. The van der Waals surface area contributed by atoms with Crippen LogP contribution in [0.1, 0.15) is 19.8 Å². The number of nitrogens with one attached hydrogen (secondary N) is 1.